The van der Waals surface area contributed by atoms with Gasteiger partial charge in [0.15, 0.2) is 0 Å². The van der Waals surface area contributed by atoms with Crippen LogP contribution in [-0.4, -0.2) is 17.9 Å². The van der Waals surface area contributed by atoms with Gasteiger partial charge in [0, 0.05) is 10.6 Å². The van der Waals surface area contributed by atoms with E-state index in [1.54, 1.807) is 41.4 Å². The molecule has 5 nitrogen and oxygen atoms in total. The van der Waals surface area contributed by atoms with Gasteiger partial charge in [-0.1, -0.05) is 60.1 Å². The van der Waals surface area contributed by atoms with Gasteiger partial charge in [0.25, 0.3) is 11.8 Å². The summed E-state index contributed by atoms with van der Waals surface area (Å²) in [4.78, 5) is 25.5. The fourth-order valence-corrected chi connectivity index (χ4v) is 3.45. The Hall–Kier alpha value is -3.31. The van der Waals surface area contributed by atoms with E-state index in [1.807, 2.05) is 48.5 Å². The highest BCUT2D eigenvalue weighted by Crippen LogP contribution is 2.33. The van der Waals surface area contributed by atoms with Crippen molar-refractivity contribution in [2.75, 3.05) is 5.01 Å². The van der Waals surface area contributed by atoms with Gasteiger partial charge in [-0.25, -0.2) is 0 Å². The molecular formula is C22H18ClN3O2. The molecule has 0 saturated carbocycles. The Bertz CT molecular complexity index is 978. The molecule has 0 aliphatic carbocycles. The molecule has 0 spiro atoms. The predicted molar refractivity (Wildman–Crippen MR) is 109 cm³/mol. The summed E-state index contributed by atoms with van der Waals surface area (Å²) in [5, 5.41) is 5.27. The fraction of sp³-hybridized carbons (Fsp3) is 0.0909. The van der Waals surface area contributed by atoms with E-state index in [-0.39, 0.29) is 11.8 Å². The van der Waals surface area contributed by atoms with E-state index in [0.29, 0.717) is 10.6 Å². The highest BCUT2D eigenvalue weighted by atomic mass is 35.5. The molecular weight excluding hydrogens is 374 g/mol. The summed E-state index contributed by atoms with van der Waals surface area (Å²) < 4.78 is 0. The van der Waals surface area contributed by atoms with Crippen molar-refractivity contribution in [1.82, 2.24) is 10.7 Å². The first kappa shape index (κ1) is 18.1. The van der Waals surface area contributed by atoms with Gasteiger partial charge in [-0.3, -0.25) is 20.0 Å². The highest BCUT2D eigenvalue weighted by Gasteiger charge is 2.43. The van der Waals surface area contributed by atoms with Crippen molar-refractivity contribution in [2.24, 2.45) is 0 Å². The van der Waals surface area contributed by atoms with Gasteiger partial charge in [0.1, 0.15) is 12.1 Å². The molecule has 0 unspecified atom stereocenters. The summed E-state index contributed by atoms with van der Waals surface area (Å²) in [6, 6.07) is 24.5. The summed E-state index contributed by atoms with van der Waals surface area (Å²) in [6.45, 7) is 0. The van der Waals surface area contributed by atoms with Crippen molar-refractivity contribution >= 4 is 29.1 Å². The van der Waals surface area contributed by atoms with E-state index >= 15 is 0 Å². The normalized spacial score (nSPS) is 18.6. The van der Waals surface area contributed by atoms with Crippen molar-refractivity contribution in [3.63, 3.8) is 0 Å². The highest BCUT2D eigenvalue weighted by molar-refractivity contribution is 6.30. The van der Waals surface area contributed by atoms with Gasteiger partial charge in [-0.15, -0.1) is 0 Å². The number of rotatable bonds is 4. The van der Waals surface area contributed by atoms with E-state index in [0.717, 1.165) is 11.3 Å². The van der Waals surface area contributed by atoms with Crippen LogP contribution in [0.1, 0.15) is 22.0 Å². The van der Waals surface area contributed by atoms with Crippen molar-refractivity contribution in [3.05, 3.63) is 101 Å². The van der Waals surface area contributed by atoms with Crippen LogP contribution in [-0.2, 0) is 4.79 Å². The number of amides is 2. The van der Waals surface area contributed by atoms with Gasteiger partial charge >= 0.3 is 0 Å². The number of nitrogens with zero attached hydrogens (tertiary/aromatic N) is 1. The third-order valence-electron chi connectivity index (χ3n) is 4.68. The second-order valence-electron chi connectivity index (χ2n) is 6.50. The Kier molecular flexibility index (Phi) is 5.00. The van der Waals surface area contributed by atoms with Crippen LogP contribution in [0, 0.1) is 0 Å². The van der Waals surface area contributed by atoms with Crippen LogP contribution in [0.5, 0.6) is 0 Å². The topological polar surface area (TPSA) is 61.4 Å². The van der Waals surface area contributed by atoms with Crippen molar-refractivity contribution in [2.45, 2.75) is 12.1 Å². The number of hydrazine groups is 1. The Balaban J connectivity index is 1.70. The van der Waals surface area contributed by atoms with Crippen LogP contribution in [0.2, 0.25) is 5.02 Å². The summed E-state index contributed by atoms with van der Waals surface area (Å²) >= 11 is 6.04. The number of para-hydroxylation sites is 1. The van der Waals surface area contributed by atoms with Crippen LogP contribution in [0.4, 0.5) is 5.69 Å². The molecule has 1 heterocycles. The number of benzene rings is 3. The summed E-state index contributed by atoms with van der Waals surface area (Å²) in [5.41, 5.74) is 5.08. The van der Waals surface area contributed by atoms with Crippen LogP contribution < -0.4 is 15.8 Å². The number of hydrogen-bond donors (Lipinski definition) is 2. The summed E-state index contributed by atoms with van der Waals surface area (Å²) in [5.74, 6) is -0.567. The van der Waals surface area contributed by atoms with Crippen molar-refractivity contribution in [1.29, 1.82) is 0 Å². The van der Waals surface area contributed by atoms with Gasteiger partial charge in [-0.05, 0) is 42.0 Å². The molecule has 4 rings (SSSR count). The van der Waals surface area contributed by atoms with E-state index < -0.39 is 12.1 Å². The maximum absolute atomic E-state index is 12.8. The van der Waals surface area contributed by atoms with Crippen LogP contribution in [0.25, 0.3) is 0 Å². The third-order valence-corrected chi connectivity index (χ3v) is 4.93. The molecule has 28 heavy (non-hydrogen) atoms. The lowest BCUT2D eigenvalue weighted by Gasteiger charge is -2.28. The monoisotopic (exact) mass is 391 g/mol. The minimum absolute atomic E-state index is 0.270. The summed E-state index contributed by atoms with van der Waals surface area (Å²) in [6.07, 6.45) is 0. The van der Waals surface area contributed by atoms with Gasteiger partial charge < -0.3 is 5.32 Å². The van der Waals surface area contributed by atoms with Crippen LogP contribution >= 0.6 is 11.6 Å². The van der Waals surface area contributed by atoms with E-state index in [4.69, 9.17) is 11.6 Å². The second-order valence-corrected chi connectivity index (χ2v) is 6.93. The molecule has 140 valence electrons. The fourth-order valence-electron chi connectivity index (χ4n) is 3.32. The first-order valence-corrected chi connectivity index (χ1v) is 9.27. The van der Waals surface area contributed by atoms with E-state index in [1.165, 1.54) is 0 Å². The smallest absolute Gasteiger partial charge is 0.263 e. The molecule has 1 aliphatic rings. The molecule has 0 bridgehead atoms. The number of nitrogens with one attached hydrogen (secondary N) is 2. The molecule has 6 heteroatoms. The number of hydrogen-bond acceptors (Lipinski definition) is 3. The maximum Gasteiger partial charge on any atom is 0.263 e. The van der Waals surface area contributed by atoms with Crippen molar-refractivity contribution in [3.8, 4) is 0 Å². The molecule has 1 fully saturated rings. The minimum atomic E-state index is -0.755. The van der Waals surface area contributed by atoms with E-state index in [9.17, 15) is 9.59 Å². The molecule has 3 aromatic rings. The SMILES string of the molecule is O=C(N[C@H]1C(=O)NN(c2ccccc2)[C@@H]1c1ccc(Cl)cc1)c1ccccc1. The Morgan fingerprint density at radius 2 is 1.50 bits per heavy atom. The molecule has 2 N–H and O–H groups in total. The lowest BCUT2D eigenvalue weighted by atomic mass is 9.99. The first-order chi connectivity index (χ1) is 13.6. The zero-order valence-electron chi connectivity index (χ0n) is 14.9. The molecule has 2 amide bonds. The Morgan fingerprint density at radius 1 is 0.893 bits per heavy atom. The number of carbonyl (C=O) groups excluding carboxylic acids is 2. The average Bonchev–Trinajstić information content (AvgIpc) is 3.06. The van der Waals surface area contributed by atoms with E-state index in [2.05, 4.69) is 10.7 Å². The zero-order chi connectivity index (χ0) is 19.5. The molecule has 0 aromatic heterocycles. The number of carbonyl (C=O) groups is 2. The Morgan fingerprint density at radius 3 is 2.14 bits per heavy atom. The number of halogens is 1. The molecule has 1 saturated heterocycles. The Labute approximate surface area is 167 Å². The van der Waals surface area contributed by atoms with Gasteiger partial charge in [0.05, 0.1) is 5.69 Å². The quantitative estimate of drug-likeness (QED) is 0.712. The second kappa shape index (κ2) is 7.74. The third kappa shape index (κ3) is 3.57. The lowest BCUT2D eigenvalue weighted by molar-refractivity contribution is -0.120. The zero-order valence-corrected chi connectivity index (χ0v) is 15.6. The molecule has 2 atom stereocenters. The maximum atomic E-state index is 12.8. The van der Waals surface area contributed by atoms with Crippen molar-refractivity contribution < 1.29 is 9.59 Å². The lowest BCUT2D eigenvalue weighted by Crippen LogP contribution is -2.43. The molecule has 1 aliphatic heterocycles. The number of anilines is 1. The van der Waals surface area contributed by atoms with Gasteiger partial charge in [-0.2, -0.15) is 0 Å². The molecule has 0 radical (unpaired) electrons. The first-order valence-electron chi connectivity index (χ1n) is 8.89. The van der Waals surface area contributed by atoms with Crippen LogP contribution in [0.15, 0.2) is 84.9 Å². The summed E-state index contributed by atoms with van der Waals surface area (Å²) in [7, 11) is 0. The molecule has 3 aromatic carbocycles. The average molecular weight is 392 g/mol. The minimum Gasteiger partial charge on any atom is -0.338 e. The largest absolute Gasteiger partial charge is 0.338 e. The predicted octanol–water partition coefficient (Wildman–Crippen LogP) is 3.73. The standard InChI is InChI=1S/C22H18ClN3O2/c23-17-13-11-15(12-14-17)20-19(24-21(27)16-7-3-1-4-8-16)22(28)25-26(20)18-9-5-2-6-10-18/h1-14,19-20H,(H,24,27)(H,25,28)/t19-,20-/m1/s1. The van der Waals surface area contributed by atoms with Crippen LogP contribution in [0.3, 0.4) is 0 Å². The van der Waals surface area contributed by atoms with Gasteiger partial charge in [0.2, 0.25) is 0 Å².